The predicted octanol–water partition coefficient (Wildman–Crippen LogP) is 3.39. The summed E-state index contributed by atoms with van der Waals surface area (Å²) >= 11 is 0. The first-order valence-electron chi connectivity index (χ1n) is 8.04. The molecule has 2 rings (SSSR count). The molecule has 1 unspecified atom stereocenters. The average Bonchev–Trinajstić information content (AvgIpc) is 2.40. The minimum atomic E-state index is -0.473. The average molecular weight is 304 g/mol. The van der Waals surface area contributed by atoms with Gasteiger partial charge in [0.15, 0.2) is 0 Å². The highest BCUT2D eigenvalue weighted by molar-refractivity contribution is 5.68. The van der Waals surface area contributed by atoms with E-state index in [1.54, 1.807) is 4.90 Å². The SMILES string of the molecule is C[C@@H](c1ccccc1)C([C@H]1CCN1)N(C)C(=O)OC(C)(C)C. The summed E-state index contributed by atoms with van der Waals surface area (Å²) in [5.74, 6) is 0.247. The molecule has 0 bridgehead atoms. The van der Waals surface area contributed by atoms with Crippen molar-refractivity contribution in [2.24, 2.45) is 0 Å². The third kappa shape index (κ3) is 4.01. The maximum Gasteiger partial charge on any atom is 0.410 e. The van der Waals surface area contributed by atoms with E-state index in [9.17, 15) is 4.79 Å². The molecule has 1 aliphatic heterocycles. The largest absolute Gasteiger partial charge is 0.444 e. The Kier molecular flexibility index (Phi) is 5.12. The number of amides is 1. The summed E-state index contributed by atoms with van der Waals surface area (Å²) in [6, 6.07) is 10.8. The molecule has 1 N–H and O–H groups in total. The third-order valence-corrected chi connectivity index (χ3v) is 4.24. The van der Waals surface area contributed by atoms with E-state index >= 15 is 0 Å². The number of benzene rings is 1. The van der Waals surface area contributed by atoms with Crippen molar-refractivity contribution in [3.63, 3.8) is 0 Å². The molecule has 1 saturated heterocycles. The Balaban J connectivity index is 2.17. The number of carbonyl (C=O) groups excluding carboxylic acids is 1. The minimum absolute atomic E-state index is 0.0889. The highest BCUT2D eigenvalue weighted by Crippen LogP contribution is 2.29. The molecule has 0 aliphatic carbocycles. The molecule has 0 radical (unpaired) electrons. The van der Waals surface area contributed by atoms with Crippen molar-refractivity contribution in [3.8, 4) is 0 Å². The van der Waals surface area contributed by atoms with Crippen LogP contribution in [0.15, 0.2) is 30.3 Å². The van der Waals surface area contributed by atoms with Crippen LogP contribution in [0.2, 0.25) is 0 Å². The Labute approximate surface area is 133 Å². The Hall–Kier alpha value is -1.55. The quantitative estimate of drug-likeness (QED) is 0.927. The fourth-order valence-electron chi connectivity index (χ4n) is 2.97. The molecule has 1 amide bonds. The first kappa shape index (κ1) is 16.8. The minimum Gasteiger partial charge on any atom is -0.444 e. The third-order valence-electron chi connectivity index (χ3n) is 4.24. The Morgan fingerprint density at radius 1 is 1.32 bits per heavy atom. The first-order chi connectivity index (χ1) is 10.3. The van der Waals surface area contributed by atoms with Crippen LogP contribution < -0.4 is 5.32 Å². The molecule has 22 heavy (non-hydrogen) atoms. The van der Waals surface area contributed by atoms with Crippen molar-refractivity contribution in [1.82, 2.24) is 10.2 Å². The second kappa shape index (κ2) is 6.69. The van der Waals surface area contributed by atoms with E-state index in [-0.39, 0.29) is 18.1 Å². The highest BCUT2D eigenvalue weighted by Gasteiger charge is 2.37. The topological polar surface area (TPSA) is 41.6 Å². The van der Waals surface area contributed by atoms with Gasteiger partial charge in [-0.05, 0) is 39.3 Å². The molecule has 1 aliphatic rings. The van der Waals surface area contributed by atoms with Gasteiger partial charge in [0.2, 0.25) is 0 Å². The zero-order chi connectivity index (χ0) is 16.3. The maximum atomic E-state index is 12.5. The molecule has 3 atom stereocenters. The maximum absolute atomic E-state index is 12.5. The van der Waals surface area contributed by atoms with E-state index in [0.29, 0.717) is 6.04 Å². The number of hydrogen-bond acceptors (Lipinski definition) is 3. The van der Waals surface area contributed by atoms with Crippen molar-refractivity contribution in [3.05, 3.63) is 35.9 Å². The van der Waals surface area contributed by atoms with Crippen LogP contribution >= 0.6 is 0 Å². The van der Waals surface area contributed by atoms with E-state index < -0.39 is 5.60 Å². The molecule has 0 saturated carbocycles. The van der Waals surface area contributed by atoms with Gasteiger partial charge in [-0.3, -0.25) is 0 Å². The van der Waals surface area contributed by atoms with Crippen LogP contribution in [-0.2, 0) is 4.74 Å². The van der Waals surface area contributed by atoms with Gasteiger partial charge in [0.25, 0.3) is 0 Å². The van der Waals surface area contributed by atoms with Crippen molar-refractivity contribution < 1.29 is 9.53 Å². The summed E-state index contributed by atoms with van der Waals surface area (Å²) in [4.78, 5) is 14.2. The van der Waals surface area contributed by atoms with Crippen LogP contribution in [0.3, 0.4) is 0 Å². The molecule has 1 aromatic carbocycles. The first-order valence-corrected chi connectivity index (χ1v) is 8.04. The lowest BCUT2D eigenvalue weighted by molar-refractivity contribution is 0.0126. The Bertz CT molecular complexity index is 492. The van der Waals surface area contributed by atoms with E-state index in [2.05, 4.69) is 24.4 Å². The summed E-state index contributed by atoms with van der Waals surface area (Å²) in [5, 5.41) is 3.45. The molecule has 4 heteroatoms. The van der Waals surface area contributed by atoms with Crippen LogP contribution in [0.1, 0.15) is 45.6 Å². The number of carbonyl (C=O) groups is 1. The standard InChI is InChI=1S/C18H28N2O2/c1-13(14-9-7-6-8-10-14)16(15-11-12-19-15)20(5)17(21)22-18(2,3)4/h6-10,13,15-16,19H,11-12H2,1-5H3/t13-,15+,16?/m0/s1. The zero-order valence-corrected chi connectivity index (χ0v) is 14.3. The number of nitrogens with zero attached hydrogens (tertiary/aromatic N) is 1. The van der Waals surface area contributed by atoms with E-state index in [1.165, 1.54) is 5.56 Å². The van der Waals surface area contributed by atoms with Gasteiger partial charge in [0.05, 0.1) is 6.04 Å². The zero-order valence-electron chi connectivity index (χ0n) is 14.3. The summed E-state index contributed by atoms with van der Waals surface area (Å²) in [7, 11) is 1.85. The lowest BCUT2D eigenvalue weighted by atomic mass is 9.84. The normalized spacial score (nSPS) is 20.7. The predicted molar refractivity (Wildman–Crippen MR) is 89.0 cm³/mol. The lowest BCUT2D eigenvalue weighted by Crippen LogP contribution is -2.59. The summed E-state index contributed by atoms with van der Waals surface area (Å²) in [5.41, 5.74) is 0.774. The fraction of sp³-hybridized carbons (Fsp3) is 0.611. The molecule has 1 fully saturated rings. The smallest absolute Gasteiger partial charge is 0.410 e. The molecule has 0 spiro atoms. The van der Waals surface area contributed by atoms with Gasteiger partial charge in [-0.25, -0.2) is 4.79 Å². The molecular formula is C18H28N2O2. The van der Waals surface area contributed by atoms with Crippen LogP contribution in [-0.4, -0.2) is 42.3 Å². The van der Waals surface area contributed by atoms with Gasteiger partial charge < -0.3 is 15.0 Å². The van der Waals surface area contributed by atoms with Crippen LogP contribution in [0, 0.1) is 0 Å². The number of ether oxygens (including phenoxy) is 1. The number of hydrogen-bond donors (Lipinski definition) is 1. The fourth-order valence-corrected chi connectivity index (χ4v) is 2.97. The van der Waals surface area contributed by atoms with Crippen molar-refractivity contribution in [2.45, 2.75) is 57.7 Å². The number of rotatable bonds is 4. The van der Waals surface area contributed by atoms with Crippen LogP contribution in [0.25, 0.3) is 0 Å². The Morgan fingerprint density at radius 3 is 2.36 bits per heavy atom. The monoisotopic (exact) mass is 304 g/mol. The van der Waals surface area contributed by atoms with Crippen LogP contribution in [0.5, 0.6) is 0 Å². The second-order valence-electron chi connectivity index (χ2n) is 7.13. The van der Waals surface area contributed by atoms with Gasteiger partial charge in [-0.15, -0.1) is 0 Å². The molecule has 1 heterocycles. The summed E-state index contributed by atoms with van der Waals surface area (Å²) < 4.78 is 5.54. The summed E-state index contributed by atoms with van der Waals surface area (Å²) in [6.45, 7) is 8.90. The number of likely N-dealkylation sites (N-methyl/N-ethyl adjacent to an activating group) is 1. The highest BCUT2D eigenvalue weighted by atomic mass is 16.6. The molecule has 0 aromatic heterocycles. The molecule has 4 nitrogen and oxygen atoms in total. The Morgan fingerprint density at radius 2 is 1.91 bits per heavy atom. The lowest BCUT2D eigenvalue weighted by Gasteiger charge is -2.43. The van der Waals surface area contributed by atoms with E-state index in [0.717, 1.165) is 13.0 Å². The number of nitrogens with one attached hydrogen (secondary N) is 1. The van der Waals surface area contributed by atoms with Gasteiger partial charge in [0, 0.05) is 19.0 Å². The van der Waals surface area contributed by atoms with Gasteiger partial charge >= 0.3 is 6.09 Å². The van der Waals surface area contributed by atoms with E-state index in [4.69, 9.17) is 4.74 Å². The van der Waals surface area contributed by atoms with Gasteiger partial charge in [-0.1, -0.05) is 37.3 Å². The van der Waals surface area contributed by atoms with E-state index in [1.807, 2.05) is 46.0 Å². The summed E-state index contributed by atoms with van der Waals surface area (Å²) in [6.07, 6.45) is 0.837. The van der Waals surface area contributed by atoms with Crippen molar-refractivity contribution in [1.29, 1.82) is 0 Å². The second-order valence-corrected chi connectivity index (χ2v) is 7.13. The van der Waals surface area contributed by atoms with Crippen LogP contribution in [0.4, 0.5) is 4.79 Å². The molecule has 122 valence electrons. The molecular weight excluding hydrogens is 276 g/mol. The van der Waals surface area contributed by atoms with Gasteiger partial charge in [-0.2, -0.15) is 0 Å². The van der Waals surface area contributed by atoms with Crippen molar-refractivity contribution in [2.75, 3.05) is 13.6 Å². The molecule has 1 aromatic rings. The van der Waals surface area contributed by atoms with Gasteiger partial charge in [0.1, 0.15) is 5.60 Å². The van der Waals surface area contributed by atoms with Crippen molar-refractivity contribution >= 4 is 6.09 Å².